The Balaban J connectivity index is 2.20. The number of hydrogen-bond donors (Lipinski definition) is 1. The van der Waals surface area contributed by atoms with E-state index in [2.05, 4.69) is 0 Å². The molecule has 120 valence electrons. The minimum Gasteiger partial charge on any atom is -0.481 e. The molecule has 2 atom stereocenters. The number of hydrogen-bond acceptors (Lipinski definition) is 3. The van der Waals surface area contributed by atoms with Gasteiger partial charge in [-0.15, -0.1) is 0 Å². The van der Waals surface area contributed by atoms with Gasteiger partial charge in [0, 0.05) is 18.7 Å². The lowest BCUT2D eigenvalue weighted by Crippen LogP contribution is -2.48. The van der Waals surface area contributed by atoms with Crippen molar-refractivity contribution in [3.8, 4) is 0 Å². The number of rotatable bonds is 3. The number of halogens is 2. The van der Waals surface area contributed by atoms with E-state index in [1.807, 2.05) is 0 Å². The Bertz CT molecular complexity index is 558. The average Bonchev–Trinajstić information content (AvgIpc) is 2.45. The lowest BCUT2D eigenvalue weighted by molar-refractivity contribution is -0.144. The Morgan fingerprint density at radius 1 is 1.32 bits per heavy atom. The van der Waals surface area contributed by atoms with E-state index in [-0.39, 0.29) is 19.4 Å². The van der Waals surface area contributed by atoms with Crippen LogP contribution in [0.3, 0.4) is 0 Å². The topological polar surface area (TPSA) is 66.8 Å². The van der Waals surface area contributed by atoms with Crippen LogP contribution in [-0.4, -0.2) is 41.8 Å². The molecule has 0 bridgehead atoms. The first kappa shape index (κ1) is 16.2. The molecule has 5 nitrogen and oxygen atoms in total. The molecule has 0 aromatic heterocycles. The minimum atomic E-state index is -0.931. The zero-order valence-electron chi connectivity index (χ0n) is 12.1. The SMILES string of the molecule is COC(=O)N1CCC(C(=O)O)CC1Cc1cc(F)cc(F)c1. The number of benzene rings is 1. The van der Waals surface area contributed by atoms with Crippen LogP contribution in [0.4, 0.5) is 13.6 Å². The lowest BCUT2D eigenvalue weighted by atomic mass is 9.88. The highest BCUT2D eigenvalue weighted by Gasteiger charge is 2.35. The number of methoxy groups -OCH3 is 1. The van der Waals surface area contributed by atoms with Gasteiger partial charge in [-0.1, -0.05) is 0 Å². The second-order valence-electron chi connectivity index (χ2n) is 5.36. The molecule has 0 aliphatic carbocycles. The monoisotopic (exact) mass is 313 g/mol. The van der Waals surface area contributed by atoms with Gasteiger partial charge in [0.1, 0.15) is 11.6 Å². The Kier molecular flexibility index (Phi) is 4.95. The van der Waals surface area contributed by atoms with Crippen LogP contribution in [0.5, 0.6) is 0 Å². The second kappa shape index (κ2) is 6.72. The molecule has 0 saturated carbocycles. The van der Waals surface area contributed by atoms with E-state index in [1.165, 1.54) is 24.1 Å². The van der Waals surface area contributed by atoms with Crippen molar-refractivity contribution >= 4 is 12.1 Å². The number of carboxylic acid groups (broad SMARTS) is 1. The highest BCUT2D eigenvalue weighted by Crippen LogP contribution is 2.26. The van der Waals surface area contributed by atoms with Crippen molar-refractivity contribution in [2.45, 2.75) is 25.3 Å². The van der Waals surface area contributed by atoms with Gasteiger partial charge in [-0.05, 0) is 37.0 Å². The van der Waals surface area contributed by atoms with Gasteiger partial charge < -0.3 is 14.7 Å². The van der Waals surface area contributed by atoms with Crippen LogP contribution in [0.1, 0.15) is 18.4 Å². The molecular weight excluding hydrogens is 296 g/mol. The van der Waals surface area contributed by atoms with E-state index in [9.17, 15) is 18.4 Å². The van der Waals surface area contributed by atoms with E-state index in [1.54, 1.807) is 0 Å². The molecule has 1 aliphatic heterocycles. The number of carbonyl (C=O) groups is 2. The van der Waals surface area contributed by atoms with Crippen molar-refractivity contribution < 1.29 is 28.2 Å². The summed E-state index contributed by atoms with van der Waals surface area (Å²) in [5.74, 6) is -2.92. The van der Waals surface area contributed by atoms with E-state index in [0.29, 0.717) is 12.0 Å². The van der Waals surface area contributed by atoms with E-state index >= 15 is 0 Å². The largest absolute Gasteiger partial charge is 0.481 e. The number of carbonyl (C=O) groups excluding carboxylic acids is 1. The Morgan fingerprint density at radius 3 is 2.50 bits per heavy atom. The molecule has 1 amide bonds. The van der Waals surface area contributed by atoms with Gasteiger partial charge in [0.25, 0.3) is 0 Å². The minimum absolute atomic E-state index is 0.174. The molecule has 1 N–H and O–H groups in total. The zero-order chi connectivity index (χ0) is 16.3. The first-order valence-electron chi connectivity index (χ1n) is 6.93. The van der Waals surface area contributed by atoms with Crippen molar-refractivity contribution in [3.05, 3.63) is 35.4 Å². The molecular formula is C15H17F2NO4. The number of aliphatic carboxylic acids is 1. The molecule has 7 heteroatoms. The van der Waals surface area contributed by atoms with Gasteiger partial charge in [-0.2, -0.15) is 0 Å². The summed E-state index contributed by atoms with van der Waals surface area (Å²) in [7, 11) is 1.24. The van der Waals surface area contributed by atoms with Gasteiger partial charge in [0.2, 0.25) is 0 Å². The Hall–Kier alpha value is -2.18. The van der Waals surface area contributed by atoms with Crippen LogP contribution in [0.15, 0.2) is 18.2 Å². The number of carboxylic acids is 1. The predicted molar refractivity (Wildman–Crippen MR) is 73.3 cm³/mol. The van der Waals surface area contributed by atoms with Gasteiger partial charge in [0.15, 0.2) is 0 Å². The normalized spacial score (nSPS) is 21.5. The van der Waals surface area contributed by atoms with Crippen LogP contribution in [0.2, 0.25) is 0 Å². The van der Waals surface area contributed by atoms with E-state index in [4.69, 9.17) is 9.84 Å². The molecule has 0 radical (unpaired) electrons. The molecule has 1 heterocycles. The maximum absolute atomic E-state index is 13.3. The summed E-state index contributed by atoms with van der Waals surface area (Å²) in [5, 5.41) is 9.14. The summed E-state index contributed by atoms with van der Waals surface area (Å²) >= 11 is 0. The molecule has 22 heavy (non-hydrogen) atoms. The summed E-state index contributed by atoms with van der Waals surface area (Å²) in [6.07, 6.45) is 0.167. The van der Waals surface area contributed by atoms with Gasteiger partial charge in [-0.25, -0.2) is 13.6 Å². The summed E-state index contributed by atoms with van der Waals surface area (Å²) in [5.41, 5.74) is 0.377. The van der Waals surface area contributed by atoms with Crippen molar-refractivity contribution in [2.75, 3.05) is 13.7 Å². The van der Waals surface area contributed by atoms with Crippen molar-refractivity contribution in [2.24, 2.45) is 5.92 Å². The summed E-state index contributed by atoms with van der Waals surface area (Å²) in [6, 6.07) is 2.66. The molecule has 1 aromatic carbocycles. The fraction of sp³-hybridized carbons (Fsp3) is 0.467. The summed E-state index contributed by atoms with van der Waals surface area (Å²) < 4.78 is 31.2. The number of amides is 1. The number of nitrogens with zero attached hydrogens (tertiary/aromatic N) is 1. The van der Waals surface area contributed by atoms with E-state index in [0.717, 1.165) is 6.07 Å². The fourth-order valence-corrected chi connectivity index (χ4v) is 2.83. The summed E-state index contributed by atoms with van der Waals surface area (Å²) in [4.78, 5) is 24.4. The Labute approximate surface area is 126 Å². The standard InChI is InChI=1S/C15H17F2NO4/c1-22-15(21)18-3-2-10(14(19)20)7-13(18)6-9-4-11(16)8-12(17)5-9/h4-5,8,10,13H,2-3,6-7H2,1H3,(H,19,20). The van der Waals surface area contributed by atoms with Crippen molar-refractivity contribution in [1.82, 2.24) is 4.90 Å². The fourth-order valence-electron chi connectivity index (χ4n) is 2.83. The maximum atomic E-state index is 13.3. The maximum Gasteiger partial charge on any atom is 0.409 e. The smallest absolute Gasteiger partial charge is 0.409 e. The van der Waals surface area contributed by atoms with Gasteiger partial charge in [-0.3, -0.25) is 4.79 Å². The first-order valence-corrected chi connectivity index (χ1v) is 6.93. The third kappa shape index (κ3) is 3.72. The highest BCUT2D eigenvalue weighted by molar-refractivity contribution is 5.72. The van der Waals surface area contributed by atoms with E-state index < -0.39 is 35.7 Å². The van der Waals surface area contributed by atoms with Gasteiger partial charge in [0.05, 0.1) is 13.0 Å². The number of ether oxygens (including phenoxy) is 1. The van der Waals surface area contributed by atoms with Crippen molar-refractivity contribution in [1.29, 1.82) is 0 Å². The van der Waals surface area contributed by atoms with Gasteiger partial charge >= 0.3 is 12.1 Å². The molecule has 2 rings (SSSR count). The van der Waals surface area contributed by atoms with Crippen LogP contribution >= 0.6 is 0 Å². The van der Waals surface area contributed by atoms with Crippen LogP contribution in [0, 0.1) is 17.6 Å². The second-order valence-corrected chi connectivity index (χ2v) is 5.36. The number of piperidine rings is 1. The average molecular weight is 313 g/mol. The summed E-state index contributed by atoms with van der Waals surface area (Å²) in [6.45, 7) is 0.242. The van der Waals surface area contributed by atoms with Crippen LogP contribution in [0.25, 0.3) is 0 Å². The molecule has 1 saturated heterocycles. The van der Waals surface area contributed by atoms with Crippen LogP contribution < -0.4 is 0 Å². The molecule has 2 unspecified atom stereocenters. The molecule has 0 spiro atoms. The zero-order valence-corrected chi connectivity index (χ0v) is 12.1. The number of likely N-dealkylation sites (tertiary alicyclic amines) is 1. The lowest BCUT2D eigenvalue weighted by Gasteiger charge is -2.37. The third-order valence-electron chi connectivity index (χ3n) is 3.87. The molecule has 1 aliphatic rings. The third-order valence-corrected chi connectivity index (χ3v) is 3.87. The van der Waals surface area contributed by atoms with Crippen molar-refractivity contribution in [3.63, 3.8) is 0 Å². The molecule has 1 aromatic rings. The Morgan fingerprint density at radius 2 is 1.95 bits per heavy atom. The quantitative estimate of drug-likeness (QED) is 0.931. The van der Waals surface area contributed by atoms with Crippen LogP contribution in [-0.2, 0) is 16.0 Å². The predicted octanol–water partition coefficient (Wildman–Crippen LogP) is 2.44. The molecule has 1 fully saturated rings. The first-order chi connectivity index (χ1) is 10.4. The highest BCUT2D eigenvalue weighted by atomic mass is 19.1.